The van der Waals surface area contributed by atoms with Crippen LogP contribution in [-0.2, 0) is 12.6 Å². The van der Waals surface area contributed by atoms with Crippen molar-refractivity contribution in [2.24, 2.45) is 5.92 Å². The molecule has 0 aliphatic rings. The molecule has 0 amide bonds. The van der Waals surface area contributed by atoms with Crippen molar-refractivity contribution in [2.45, 2.75) is 19.5 Å². The molecule has 1 N–H and O–H groups in total. The zero-order valence-corrected chi connectivity index (χ0v) is 10.6. The molecule has 0 aromatic carbocycles. The molecule has 1 atom stereocenters. The molecule has 0 fully saturated rings. The number of aromatic amines is 1. The van der Waals surface area contributed by atoms with Crippen molar-refractivity contribution in [2.75, 3.05) is 20.6 Å². The highest BCUT2D eigenvalue weighted by Crippen LogP contribution is 2.31. The van der Waals surface area contributed by atoms with Crippen molar-refractivity contribution < 1.29 is 13.2 Å². The summed E-state index contributed by atoms with van der Waals surface area (Å²) in [5, 5.41) is 0. The van der Waals surface area contributed by atoms with Crippen LogP contribution in [0.25, 0.3) is 0 Å². The Morgan fingerprint density at radius 1 is 1.39 bits per heavy atom. The van der Waals surface area contributed by atoms with Gasteiger partial charge >= 0.3 is 6.18 Å². The average molecular weight is 262 g/mol. The molecular formula is C12H17F3N2O. The molecule has 0 spiro atoms. The van der Waals surface area contributed by atoms with Gasteiger partial charge in [0.1, 0.15) is 0 Å². The maximum Gasteiger partial charge on any atom is 0.416 e. The van der Waals surface area contributed by atoms with E-state index in [1.54, 1.807) is 0 Å². The van der Waals surface area contributed by atoms with Crippen molar-refractivity contribution in [3.63, 3.8) is 0 Å². The van der Waals surface area contributed by atoms with Gasteiger partial charge in [-0.15, -0.1) is 0 Å². The van der Waals surface area contributed by atoms with Crippen LogP contribution in [0.4, 0.5) is 13.2 Å². The largest absolute Gasteiger partial charge is 0.416 e. The molecule has 0 aliphatic carbocycles. The zero-order valence-electron chi connectivity index (χ0n) is 10.6. The Balaban J connectivity index is 2.99. The van der Waals surface area contributed by atoms with Crippen molar-refractivity contribution in [3.05, 3.63) is 33.7 Å². The first-order valence-electron chi connectivity index (χ1n) is 5.63. The van der Waals surface area contributed by atoms with Gasteiger partial charge < -0.3 is 9.88 Å². The van der Waals surface area contributed by atoms with Crippen LogP contribution in [0.1, 0.15) is 18.1 Å². The average Bonchev–Trinajstić information content (AvgIpc) is 2.17. The number of aromatic nitrogens is 1. The fraction of sp³-hybridized carbons (Fsp3) is 0.583. The Labute approximate surface area is 104 Å². The summed E-state index contributed by atoms with van der Waals surface area (Å²) in [6.07, 6.45) is -3.04. The first-order chi connectivity index (χ1) is 8.20. The molecule has 18 heavy (non-hydrogen) atoms. The van der Waals surface area contributed by atoms with E-state index in [1.807, 2.05) is 25.9 Å². The van der Waals surface area contributed by atoms with E-state index in [9.17, 15) is 18.0 Å². The quantitative estimate of drug-likeness (QED) is 0.902. The third kappa shape index (κ3) is 4.18. The lowest BCUT2D eigenvalue weighted by Crippen LogP contribution is -2.23. The number of H-pyrrole nitrogens is 1. The molecule has 1 aromatic rings. The van der Waals surface area contributed by atoms with Crippen LogP contribution in [0.15, 0.2) is 17.1 Å². The molecular weight excluding hydrogens is 245 g/mol. The fourth-order valence-electron chi connectivity index (χ4n) is 2.00. The summed E-state index contributed by atoms with van der Waals surface area (Å²) in [6.45, 7) is 2.57. The lowest BCUT2D eigenvalue weighted by Gasteiger charge is -2.19. The highest BCUT2D eigenvalue weighted by Gasteiger charge is 2.34. The minimum atomic E-state index is -4.48. The van der Waals surface area contributed by atoms with E-state index in [4.69, 9.17) is 0 Å². The predicted octanol–water partition coefficient (Wildman–Crippen LogP) is 2.13. The molecule has 6 heteroatoms. The molecule has 0 saturated heterocycles. The van der Waals surface area contributed by atoms with Crippen molar-refractivity contribution in [1.29, 1.82) is 0 Å². The molecule has 0 radical (unpaired) electrons. The van der Waals surface area contributed by atoms with Crippen LogP contribution < -0.4 is 5.56 Å². The molecule has 0 saturated carbocycles. The predicted molar refractivity (Wildman–Crippen MR) is 63.5 cm³/mol. The molecule has 3 nitrogen and oxygen atoms in total. The summed E-state index contributed by atoms with van der Waals surface area (Å²) in [7, 11) is 3.74. The van der Waals surface area contributed by atoms with Gasteiger partial charge in [0, 0.05) is 18.8 Å². The van der Waals surface area contributed by atoms with E-state index in [-0.39, 0.29) is 17.9 Å². The van der Waals surface area contributed by atoms with Gasteiger partial charge in [-0.3, -0.25) is 4.79 Å². The number of alkyl halides is 3. The summed E-state index contributed by atoms with van der Waals surface area (Å²) < 4.78 is 38.3. The minimum Gasteiger partial charge on any atom is -0.329 e. The summed E-state index contributed by atoms with van der Waals surface area (Å²) in [6, 6.07) is 0.623. The molecule has 1 heterocycles. The second-order valence-electron chi connectivity index (χ2n) is 4.81. The molecule has 1 aromatic heterocycles. The van der Waals surface area contributed by atoms with E-state index >= 15 is 0 Å². The van der Waals surface area contributed by atoms with E-state index in [0.29, 0.717) is 12.6 Å². The lowest BCUT2D eigenvalue weighted by molar-refractivity contribution is -0.138. The van der Waals surface area contributed by atoms with Crippen LogP contribution in [0.2, 0.25) is 0 Å². The monoisotopic (exact) mass is 262 g/mol. The summed E-state index contributed by atoms with van der Waals surface area (Å²) >= 11 is 0. The van der Waals surface area contributed by atoms with Crippen LogP contribution >= 0.6 is 0 Å². The van der Waals surface area contributed by atoms with Crippen LogP contribution in [0.5, 0.6) is 0 Å². The normalized spacial score (nSPS) is 13.9. The Bertz CT molecular complexity index is 451. The number of rotatable bonds is 4. The van der Waals surface area contributed by atoms with Gasteiger partial charge in [0.2, 0.25) is 5.56 Å². The maximum atomic E-state index is 12.8. The Morgan fingerprint density at radius 3 is 2.50 bits per heavy atom. The molecule has 1 rings (SSSR count). The van der Waals surface area contributed by atoms with Gasteiger partial charge in [0.05, 0.1) is 5.56 Å². The maximum absolute atomic E-state index is 12.8. The highest BCUT2D eigenvalue weighted by atomic mass is 19.4. The standard InChI is InChI=1S/C12H17F3N2O/c1-8(7-17(2)3)4-9-6-16-11(18)5-10(9)12(13,14)15/h5-6,8H,4,7H2,1-3H3,(H,16,18). The number of pyridine rings is 1. The number of hydrogen-bond donors (Lipinski definition) is 1. The second-order valence-corrected chi connectivity index (χ2v) is 4.81. The van der Waals surface area contributed by atoms with Gasteiger partial charge in [-0.2, -0.15) is 13.2 Å². The number of halogens is 3. The topological polar surface area (TPSA) is 36.1 Å². The van der Waals surface area contributed by atoms with E-state index in [0.717, 1.165) is 6.20 Å². The van der Waals surface area contributed by atoms with E-state index < -0.39 is 17.3 Å². The Morgan fingerprint density at radius 2 is 2.00 bits per heavy atom. The van der Waals surface area contributed by atoms with Crippen LogP contribution in [0, 0.1) is 5.92 Å². The van der Waals surface area contributed by atoms with Gasteiger partial charge in [0.15, 0.2) is 0 Å². The van der Waals surface area contributed by atoms with Gasteiger partial charge in [-0.25, -0.2) is 0 Å². The van der Waals surface area contributed by atoms with Gasteiger partial charge in [0.25, 0.3) is 0 Å². The third-order valence-corrected chi connectivity index (χ3v) is 2.56. The summed E-state index contributed by atoms with van der Waals surface area (Å²) in [5.41, 5.74) is -1.43. The number of hydrogen-bond acceptors (Lipinski definition) is 2. The third-order valence-electron chi connectivity index (χ3n) is 2.56. The molecule has 1 unspecified atom stereocenters. The van der Waals surface area contributed by atoms with Crippen molar-refractivity contribution in [3.8, 4) is 0 Å². The zero-order chi connectivity index (χ0) is 13.9. The molecule has 0 aliphatic heterocycles. The minimum absolute atomic E-state index is 0.0759. The smallest absolute Gasteiger partial charge is 0.329 e. The van der Waals surface area contributed by atoms with Crippen molar-refractivity contribution in [1.82, 2.24) is 9.88 Å². The van der Waals surface area contributed by atoms with Gasteiger partial charge in [-0.05, 0) is 32.0 Å². The summed E-state index contributed by atoms with van der Waals surface area (Å²) in [4.78, 5) is 15.2. The highest BCUT2D eigenvalue weighted by molar-refractivity contribution is 5.26. The first kappa shape index (κ1) is 14.8. The Hall–Kier alpha value is -1.30. The van der Waals surface area contributed by atoms with Gasteiger partial charge in [-0.1, -0.05) is 6.92 Å². The lowest BCUT2D eigenvalue weighted by atomic mass is 9.98. The van der Waals surface area contributed by atoms with Crippen LogP contribution in [0.3, 0.4) is 0 Å². The summed E-state index contributed by atoms with van der Waals surface area (Å²) in [5.74, 6) is 0.0759. The van der Waals surface area contributed by atoms with Crippen molar-refractivity contribution >= 4 is 0 Å². The first-order valence-corrected chi connectivity index (χ1v) is 5.63. The molecule has 0 bridgehead atoms. The SMILES string of the molecule is CC(Cc1c[nH]c(=O)cc1C(F)(F)F)CN(C)C. The molecule has 102 valence electrons. The van der Waals surface area contributed by atoms with E-state index in [2.05, 4.69) is 4.98 Å². The number of nitrogens with one attached hydrogen (secondary N) is 1. The number of nitrogens with zero attached hydrogens (tertiary/aromatic N) is 1. The van der Waals surface area contributed by atoms with Crippen LogP contribution in [-0.4, -0.2) is 30.5 Å². The van der Waals surface area contributed by atoms with E-state index in [1.165, 1.54) is 0 Å². The fourth-order valence-corrected chi connectivity index (χ4v) is 2.00. The second kappa shape index (κ2) is 5.56. The Kier molecular flexibility index (Phi) is 4.56.